The number of benzene rings is 1. The van der Waals surface area contributed by atoms with Crippen LogP contribution in [0.5, 0.6) is 0 Å². The van der Waals surface area contributed by atoms with Gasteiger partial charge in [0.15, 0.2) is 17.5 Å². The summed E-state index contributed by atoms with van der Waals surface area (Å²) in [6.45, 7) is 1.96. The summed E-state index contributed by atoms with van der Waals surface area (Å²) in [4.78, 5) is 36.8. The zero-order valence-electron chi connectivity index (χ0n) is 17.0. The van der Waals surface area contributed by atoms with E-state index in [1.165, 1.54) is 16.0 Å². The molecular formula is C21H19F3N6O2. The van der Waals surface area contributed by atoms with Crippen LogP contribution in [-0.4, -0.2) is 46.7 Å². The van der Waals surface area contributed by atoms with Crippen LogP contribution in [0, 0.1) is 17.5 Å². The van der Waals surface area contributed by atoms with Crippen molar-refractivity contribution in [1.29, 1.82) is 0 Å². The van der Waals surface area contributed by atoms with Gasteiger partial charge in [-0.2, -0.15) is 0 Å². The third kappa shape index (κ3) is 3.77. The van der Waals surface area contributed by atoms with E-state index >= 15 is 0 Å². The van der Waals surface area contributed by atoms with E-state index in [4.69, 9.17) is 5.73 Å². The third-order valence-electron chi connectivity index (χ3n) is 5.30. The summed E-state index contributed by atoms with van der Waals surface area (Å²) < 4.78 is 40.2. The summed E-state index contributed by atoms with van der Waals surface area (Å²) in [6.07, 6.45) is 4.58. The maximum absolute atomic E-state index is 13.5. The molecule has 3 heterocycles. The lowest BCUT2D eigenvalue weighted by molar-refractivity contribution is -0.116. The highest BCUT2D eigenvalue weighted by atomic mass is 19.2. The van der Waals surface area contributed by atoms with E-state index in [9.17, 15) is 22.8 Å². The Kier molecular flexibility index (Phi) is 5.56. The zero-order chi connectivity index (χ0) is 23.0. The van der Waals surface area contributed by atoms with Crippen LogP contribution in [0.4, 0.5) is 29.3 Å². The molecule has 0 radical (unpaired) electrons. The topological polar surface area (TPSA) is 104 Å². The van der Waals surface area contributed by atoms with Gasteiger partial charge >= 0.3 is 6.03 Å². The van der Waals surface area contributed by atoms with Crippen molar-refractivity contribution in [2.24, 2.45) is 10.7 Å². The molecule has 166 valence electrons. The van der Waals surface area contributed by atoms with Crippen molar-refractivity contribution in [2.75, 3.05) is 23.3 Å². The normalized spacial score (nSPS) is 18.5. The Labute approximate surface area is 181 Å². The average Bonchev–Trinajstić information content (AvgIpc) is 3.09. The van der Waals surface area contributed by atoms with E-state index in [1.54, 1.807) is 25.4 Å². The number of rotatable bonds is 3. The SMILES string of the molecule is C[C@H]1CN=C(C(=CN)N2C(=O)Cc3cnccc32)CN1C(=O)Nc1cc(F)c(F)c(F)c1. The van der Waals surface area contributed by atoms with Crippen molar-refractivity contribution in [3.05, 3.63) is 65.5 Å². The number of nitrogens with two attached hydrogens (primary N) is 1. The summed E-state index contributed by atoms with van der Waals surface area (Å²) in [5.74, 6) is -4.65. The van der Waals surface area contributed by atoms with Crippen molar-refractivity contribution in [2.45, 2.75) is 19.4 Å². The Morgan fingerprint density at radius 3 is 2.69 bits per heavy atom. The fraction of sp³-hybridized carbons (Fsp3) is 0.238. The van der Waals surface area contributed by atoms with Crippen molar-refractivity contribution in [3.8, 4) is 0 Å². The van der Waals surface area contributed by atoms with Gasteiger partial charge in [0.2, 0.25) is 5.91 Å². The van der Waals surface area contributed by atoms with Crippen molar-refractivity contribution >= 4 is 29.0 Å². The maximum Gasteiger partial charge on any atom is 0.322 e. The second-order valence-electron chi connectivity index (χ2n) is 7.41. The second kappa shape index (κ2) is 8.33. The molecule has 0 bridgehead atoms. The Morgan fingerprint density at radius 1 is 1.28 bits per heavy atom. The Bertz CT molecular complexity index is 1140. The standard InChI is InChI=1S/C21H19F3N6O2/c1-11-8-27-16(18(7-25)30-17-2-3-26-9-12(17)4-19(30)31)10-29(11)21(32)28-13-5-14(22)20(24)15(23)6-13/h2-3,5-7,9,11H,4,8,10,25H2,1H3,(H,28,32)/t11-/m0/s1. The summed E-state index contributed by atoms with van der Waals surface area (Å²) >= 11 is 0. The van der Waals surface area contributed by atoms with Gasteiger partial charge in [0, 0.05) is 42.0 Å². The maximum atomic E-state index is 13.5. The monoisotopic (exact) mass is 444 g/mol. The molecule has 11 heteroatoms. The molecule has 2 aliphatic rings. The number of amides is 3. The first kappa shape index (κ1) is 21.3. The van der Waals surface area contributed by atoms with Gasteiger partial charge in [0.25, 0.3) is 0 Å². The quantitative estimate of drug-likeness (QED) is 0.710. The molecule has 1 atom stereocenters. The van der Waals surface area contributed by atoms with E-state index in [0.717, 1.165) is 5.56 Å². The Morgan fingerprint density at radius 2 is 2.00 bits per heavy atom. The summed E-state index contributed by atoms with van der Waals surface area (Å²) in [5.41, 5.74) is 7.73. The van der Waals surface area contributed by atoms with Crippen LogP contribution < -0.4 is 16.0 Å². The van der Waals surface area contributed by atoms with E-state index < -0.39 is 23.5 Å². The minimum Gasteiger partial charge on any atom is -0.403 e. The molecule has 2 aliphatic heterocycles. The minimum atomic E-state index is -1.62. The molecule has 0 saturated carbocycles. The van der Waals surface area contributed by atoms with E-state index in [0.29, 0.717) is 29.2 Å². The molecule has 4 rings (SSSR count). The average molecular weight is 444 g/mol. The molecule has 3 N–H and O–H groups in total. The molecule has 0 spiro atoms. The molecule has 0 saturated heterocycles. The summed E-state index contributed by atoms with van der Waals surface area (Å²) in [5, 5.41) is 2.37. The van der Waals surface area contributed by atoms with Gasteiger partial charge in [0.05, 0.1) is 42.6 Å². The van der Waals surface area contributed by atoms with Gasteiger partial charge in [-0.05, 0) is 13.0 Å². The van der Waals surface area contributed by atoms with Crippen molar-refractivity contribution in [1.82, 2.24) is 9.88 Å². The highest BCUT2D eigenvalue weighted by Crippen LogP contribution is 2.32. The molecule has 1 aromatic carbocycles. The molecule has 2 aromatic rings. The number of halogens is 3. The summed E-state index contributed by atoms with van der Waals surface area (Å²) in [7, 11) is 0. The molecule has 32 heavy (non-hydrogen) atoms. The Hall–Kier alpha value is -3.89. The lowest BCUT2D eigenvalue weighted by atomic mass is 10.1. The number of pyridine rings is 1. The lowest BCUT2D eigenvalue weighted by Gasteiger charge is -2.34. The van der Waals surface area contributed by atoms with Crippen LogP contribution in [0.3, 0.4) is 0 Å². The largest absolute Gasteiger partial charge is 0.403 e. The minimum absolute atomic E-state index is 0.00755. The predicted molar refractivity (Wildman–Crippen MR) is 112 cm³/mol. The van der Waals surface area contributed by atoms with Gasteiger partial charge in [-0.25, -0.2) is 18.0 Å². The molecule has 8 nitrogen and oxygen atoms in total. The highest BCUT2D eigenvalue weighted by Gasteiger charge is 2.35. The highest BCUT2D eigenvalue weighted by molar-refractivity contribution is 6.16. The molecule has 1 aromatic heterocycles. The fourth-order valence-corrected chi connectivity index (χ4v) is 3.68. The van der Waals surface area contributed by atoms with Crippen molar-refractivity contribution in [3.63, 3.8) is 0 Å². The van der Waals surface area contributed by atoms with Gasteiger partial charge < -0.3 is 16.0 Å². The van der Waals surface area contributed by atoms with E-state index in [-0.39, 0.29) is 37.1 Å². The van der Waals surface area contributed by atoms with Gasteiger partial charge in [0.1, 0.15) is 0 Å². The van der Waals surface area contributed by atoms with Crippen LogP contribution in [0.15, 0.2) is 47.5 Å². The number of nitrogens with zero attached hydrogens (tertiary/aromatic N) is 4. The Balaban J connectivity index is 1.56. The number of nitrogens with one attached hydrogen (secondary N) is 1. The second-order valence-corrected chi connectivity index (χ2v) is 7.41. The number of carbonyl (C=O) groups excluding carboxylic acids is 2. The smallest absolute Gasteiger partial charge is 0.322 e. The zero-order valence-corrected chi connectivity index (χ0v) is 17.0. The van der Waals surface area contributed by atoms with Crippen LogP contribution in [0.2, 0.25) is 0 Å². The number of aliphatic imine (C=N–C) groups is 1. The van der Waals surface area contributed by atoms with Crippen LogP contribution in [0.25, 0.3) is 0 Å². The van der Waals surface area contributed by atoms with E-state index in [1.807, 2.05) is 0 Å². The van der Waals surface area contributed by atoms with Crippen LogP contribution >= 0.6 is 0 Å². The number of fused-ring (bicyclic) bond motifs is 1. The summed E-state index contributed by atoms with van der Waals surface area (Å²) in [6, 6.07) is 2.07. The number of aromatic nitrogens is 1. The molecule has 0 aliphatic carbocycles. The molecule has 0 fully saturated rings. The number of urea groups is 1. The molecular weight excluding hydrogens is 425 g/mol. The van der Waals surface area contributed by atoms with Crippen LogP contribution in [0.1, 0.15) is 12.5 Å². The molecule has 0 unspecified atom stereocenters. The first-order chi connectivity index (χ1) is 15.3. The number of carbonyl (C=O) groups is 2. The van der Waals surface area contributed by atoms with Crippen LogP contribution in [-0.2, 0) is 11.2 Å². The predicted octanol–water partition coefficient (Wildman–Crippen LogP) is 2.57. The number of hydrogen-bond acceptors (Lipinski definition) is 5. The molecule has 3 amide bonds. The van der Waals surface area contributed by atoms with Gasteiger partial charge in [-0.15, -0.1) is 0 Å². The van der Waals surface area contributed by atoms with Gasteiger partial charge in [-0.3, -0.25) is 19.7 Å². The van der Waals surface area contributed by atoms with E-state index in [2.05, 4.69) is 15.3 Å². The third-order valence-corrected chi connectivity index (χ3v) is 5.30. The first-order valence-electron chi connectivity index (χ1n) is 9.73. The first-order valence-corrected chi connectivity index (χ1v) is 9.73. The number of anilines is 2. The number of hydrogen-bond donors (Lipinski definition) is 2. The lowest BCUT2D eigenvalue weighted by Crippen LogP contribution is -2.50. The van der Waals surface area contributed by atoms with Gasteiger partial charge in [-0.1, -0.05) is 0 Å². The van der Waals surface area contributed by atoms with Crippen molar-refractivity contribution < 1.29 is 22.8 Å². The fourth-order valence-electron chi connectivity index (χ4n) is 3.68.